The SMILES string of the molecule is CNCc1c(NC)oc(Cl)c1CC(N)=O. The summed E-state index contributed by atoms with van der Waals surface area (Å²) in [6, 6.07) is 0. The fourth-order valence-electron chi connectivity index (χ4n) is 1.38. The van der Waals surface area contributed by atoms with Crippen molar-refractivity contribution >= 4 is 23.4 Å². The third-order valence-electron chi connectivity index (χ3n) is 2.00. The van der Waals surface area contributed by atoms with Crippen LogP contribution in [-0.4, -0.2) is 20.0 Å². The van der Waals surface area contributed by atoms with Crippen LogP contribution in [0, 0.1) is 0 Å². The van der Waals surface area contributed by atoms with Gasteiger partial charge in [0.25, 0.3) is 0 Å². The van der Waals surface area contributed by atoms with Crippen molar-refractivity contribution in [3.63, 3.8) is 0 Å². The first-order chi connectivity index (χ1) is 7.10. The lowest BCUT2D eigenvalue weighted by Crippen LogP contribution is -2.16. The topological polar surface area (TPSA) is 80.3 Å². The second-order valence-corrected chi connectivity index (χ2v) is 3.43. The zero-order valence-corrected chi connectivity index (χ0v) is 9.44. The van der Waals surface area contributed by atoms with Crippen molar-refractivity contribution in [3.05, 3.63) is 16.3 Å². The predicted molar refractivity (Wildman–Crippen MR) is 58.9 cm³/mol. The number of hydrogen-bond acceptors (Lipinski definition) is 4. The summed E-state index contributed by atoms with van der Waals surface area (Å²) in [6.07, 6.45) is 0.0844. The minimum Gasteiger partial charge on any atom is -0.429 e. The molecule has 1 amide bonds. The van der Waals surface area contributed by atoms with Gasteiger partial charge in [0.1, 0.15) is 0 Å². The fraction of sp³-hybridized carbons (Fsp3) is 0.444. The van der Waals surface area contributed by atoms with E-state index in [9.17, 15) is 4.79 Å². The number of anilines is 1. The van der Waals surface area contributed by atoms with Gasteiger partial charge in [-0.05, 0) is 18.6 Å². The highest BCUT2D eigenvalue weighted by atomic mass is 35.5. The Morgan fingerprint density at radius 2 is 2.13 bits per heavy atom. The molecule has 1 heterocycles. The Labute approximate surface area is 93.0 Å². The monoisotopic (exact) mass is 231 g/mol. The maximum Gasteiger partial charge on any atom is 0.222 e. The quantitative estimate of drug-likeness (QED) is 0.698. The number of halogens is 1. The van der Waals surface area contributed by atoms with E-state index in [0.717, 1.165) is 5.56 Å². The number of hydrogen-bond donors (Lipinski definition) is 3. The number of carbonyl (C=O) groups excluding carboxylic acids is 1. The summed E-state index contributed by atoms with van der Waals surface area (Å²) in [5.74, 6) is 0.128. The molecule has 5 nitrogen and oxygen atoms in total. The molecular formula is C9H14ClN3O2. The van der Waals surface area contributed by atoms with Gasteiger partial charge in [0.05, 0.1) is 6.42 Å². The van der Waals surface area contributed by atoms with Crippen LogP contribution in [0.3, 0.4) is 0 Å². The van der Waals surface area contributed by atoms with E-state index in [4.69, 9.17) is 21.8 Å². The van der Waals surface area contributed by atoms with E-state index in [-0.39, 0.29) is 11.6 Å². The molecule has 6 heteroatoms. The number of furan rings is 1. The molecule has 1 aromatic rings. The summed E-state index contributed by atoms with van der Waals surface area (Å²) < 4.78 is 5.25. The lowest BCUT2D eigenvalue weighted by Gasteiger charge is -2.02. The van der Waals surface area contributed by atoms with Gasteiger partial charge >= 0.3 is 0 Å². The van der Waals surface area contributed by atoms with E-state index in [0.29, 0.717) is 18.0 Å². The van der Waals surface area contributed by atoms with Crippen LogP contribution in [0.15, 0.2) is 4.42 Å². The van der Waals surface area contributed by atoms with Crippen LogP contribution in [0.1, 0.15) is 11.1 Å². The maximum absolute atomic E-state index is 10.9. The van der Waals surface area contributed by atoms with E-state index in [1.807, 2.05) is 0 Å². The first kappa shape index (κ1) is 11.9. The molecule has 0 atom stereocenters. The van der Waals surface area contributed by atoms with Crippen LogP contribution in [0.4, 0.5) is 5.88 Å². The van der Waals surface area contributed by atoms with Gasteiger partial charge in [-0.1, -0.05) is 0 Å². The molecule has 0 saturated heterocycles. The van der Waals surface area contributed by atoms with Crippen molar-refractivity contribution in [1.82, 2.24) is 5.32 Å². The van der Waals surface area contributed by atoms with Crippen molar-refractivity contribution in [2.24, 2.45) is 5.73 Å². The van der Waals surface area contributed by atoms with Gasteiger partial charge in [0.15, 0.2) is 11.1 Å². The van der Waals surface area contributed by atoms with E-state index >= 15 is 0 Å². The van der Waals surface area contributed by atoms with E-state index in [2.05, 4.69) is 10.6 Å². The Balaban J connectivity index is 3.09. The van der Waals surface area contributed by atoms with Crippen LogP contribution < -0.4 is 16.4 Å². The average Bonchev–Trinajstić information content (AvgIpc) is 2.45. The summed E-state index contributed by atoms with van der Waals surface area (Å²) in [5, 5.41) is 6.06. The molecule has 4 N–H and O–H groups in total. The molecular weight excluding hydrogens is 218 g/mol. The molecule has 0 radical (unpaired) electrons. The Morgan fingerprint density at radius 3 is 2.60 bits per heavy atom. The third-order valence-corrected chi connectivity index (χ3v) is 2.30. The molecule has 0 aliphatic rings. The predicted octanol–water partition coefficient (Wildman–Crippen LogP) is 0.722. The van der Waals surface area contributed by atoms with Gasteiger partial charge in [-0.2, -0.15) is 0 Å². The van der Waals surface area contributed by atoms with Gasteiger partial charge in [-0.3, -0.25) is 4.79 Å². The molecule has 0 spiro atoms. The molecule has 0 saturated carbocycles. The van der Waals surface area contributed by atoms with Crippen molar-refractivity contribution < 1.29 is 9.21 Å². The molecule has 84 valence electrons. The highest BCUT2D eigenvalue weighted by Gasteiger charge is 2.19. The minimum atomic E-state index is -0.433. The number of amides is 1. The fourth-order valence-corrected chi connectivity index (χ4v) is 1.64. The summed E-state index contributed by atoms with van der Waals surface area (Å²) in [6.45, 7) is 0.564. The van der Waals surface area contributed by atoms with Crippen molar-refractivity contribution in [2.75, 3.05) is 19.4 Å². The minimum absolute atomic E-state index is 0.0844. The molecule has 15 heavy (non-hydrogen) atoms. The number of nitrogens with one attached hydrogen (secondary N) is 2. The maximum atomic E-state index is 10.9. The lowest BCUT2D eigenvalue weighted by molar-refractivity contribution is -0.117. The van der Waals surface area contributed by atoms with E-state index < -0.39 is 5.91 Å². The zero-order valence-electron chi connectivity index (χ0n) is 8.69. The van der Waals surface area contributed by atoms with Gasteiger partial charge in [-0.25, -0.2) is 0 Å². The molecule has 0 aromatic carbocycles. The Bertz CT molecular complexity index is 362. The van der Waals surface area contributed by atoms with Crippen LogP contribution in [0.25, 0.3) is 0 Å². The van der Waals surface area contributed by atoms with Crippen LogP contribution in [-0.2, 0) is 17.8 Å². The van der Waals surface area contributed by atoms with Crippen molar-refractivity contribution in [2.45, 2.75) is 13.0 Å². The number of carbonyl (C=O) groups is 1. The largest absolute Gasteiger partial charge is 0.429 e. The van der Waals surface area contributed by atoms with Crippen molar-refractivity contribution in [3.8, 4) is 0 Å². The molecule has 0 aliphatic carbocycles. The Kier molecular flexibility index (Phi) is 3.99. The zero-order chi connectivity index (χ0) is 11.4. The van der Waals surface area contributed by atoms with Gasteiger partial charge in [0.2, 0.25) is 5.91 Å². The highest BCUT2D eigenvalue weighted by Crippen LogP contribution is 2.31. The van der Waals surface area contributed by atoms with Crippen LogP contribution >= 0.6 is 11.6 Å². The van der Waals surface area contributed by atoms with E-state index in [1.54, 1.807) is 14.1 Å². The standard InChI is InChI=1S/C9H14ClN3O2/c1-12-4-6-5(3-7(11)14)8(10)15-9(6)13-2/h12-13H,3-4H2,1-2H3,(H2,11,14). The number of rotatable bonds is 5. The molecule has 0 unspecified atom stereocenters. The summed E-state index contributed by atoms with van der Waals surface area (Å²) in [4.78, 5) is 10.9. The van der Waals surface area contributed by atoms with Crippen LogP contribution in [0.2, 0.25) is 5.22 Å². The Morgan fingerprint density at radius 1 is 1.47 bits per heavy atom. The van der Waals surface area contributed by atoms with Crippen LogP contribution in [0.5, 0.6) is 0 Å². The number of primary amides is 1. The van der Waals surface area contributed by atoms with Crippen molar-refractivity contribution in [1.29, 1.82) is 0 Å². The molecule has 0 aliphatic heterocycles. The molecule has 1 aromatic heterocycles. The molecule has 0 bridgehead atoms. The first-order valence-corrected chi connectivity index (χ1v) is 4.88. The lowest BCUT2D eigenvalue weighted by atomic mass is 10.1. The highest BCUT2D eigenvalue weighted by molar-refractivity contribution is 6.30. The summed E-state index contributed by atoms with van der Waals surface area (Å²) in [7, 11) is 3.52. The van der Waals surface area contributed by atoms with E-state index in [1.165, 1.54) is 0 Å². The van der Waals surface area contributed by atoms with Gasteiger partial charge in [0, 0.05) is 24.7 Å². The number of nitrogens with two attached hydrogens (primary N) is 1. The van der Waals surface area contributed by atoms with Gasteiger partial charge < -0.3 is 20.8 Å². The second kappa shape index (κ2) is 5.04. The molecule has 0 fully saturated rings. The third kappa shape index (κ3) is 2.64. The summed E-state index contributed by atoms with van der Waals surface area (Å²) in [5.41, 5.74) is 6.61. The van der Waals surface area contributed by atoms with Gasteiger partial charge in [-0.15, -0.1) is 0 Å². The second-order valence-electron chi connectivity index (χ2n) is 3.09. The first-order valence-electron chi connectivity index (χ1n) is 4.50. The Hall–Kier alpha value is -1.20. The smallest absolute Gasteiger partial charge is 0.222 e. The normalized spacial score (nSPS) is 10.3. The summed E-state index contributed by atoms with van der Waals surface area (Å²) >= 11 is 5.87. The average molecular weight is 232 g/mol. The molecule has 1 rings (SSSR count).